The maximum atomic E-state index is 14.1. The first-order valence-corrected chi connectivity index (χ1v) is 10.3. The van der Waals surface area contributed by atoms with Crippen LogP contribution < -0.4 is 4.72 Å². The second-order valence-corrected chi connectivity index (χ2v) is 8.03. The van der Waals surface area contributed by atoms with E-state index < -0.39 is 46.3 Å². The quantitative estimate of drug-likeness (QED) is 0.388. The van der Waals surface area contributed by atoms with Gasteiger partial charge in [0, 0.05) is 18.0 Å². The van der Waals surface area contributed by atoms with Crippen molar-refractivity contribution in [3.05, 3.63) is 47.8 Å². The molecule has 1 aromatic heterocycles. The lowest BCUT2D eigenvalue weighted by Crippen LogP contribution is -2.63. The minimum atomic E-state index is -7.25. The number of aryl methyl sites for hydroxylation is 1. The Morgan fingerprint density at radius 2 is 1.74 bits per heavy atom. The summed E-state index contributed by atoms with van der Waals surface area (Å²) in [5.41, 5.74) is 0.0551. The third kappa shape index (κ3) is 4.92. The summed E-state index contributed by atoms with van der Waals surface area (Å²) in [6.45, 7) is 2.39. The van der Waals surface area contributed by atoms with Gasteiger partial charge in [0.25, 0.3) is 0 Å². The molecule has 1 aromatic carbocycles. The zero-order chi connectivity index (χ0) is 26.1. The number of hydrogen-bond donors (Lipinski definition) is 1. The third-order valence-corrected chi connectivity index (χ3v) is 5.51. The van der Waals surface area contributed by atoms with Crippen molar-refractivity contribution < 1.29 is 53.3 Å². The van der Waals surface area contributed by atoms with Gasteiger partial charge in [0.05, 0.1) is 12.3 Å². The molecule has 0 fully saturated rings. The van der Waals surface area contributed by atoms with E-state index in [0.29, 0.717) is 5.56 Å². The Bertz CT molecular complexity index is 1040. The Morgan fingerprint density at radius 3 is 2.24 bits per heavy atom. The first-order chi connectivity index (χ1) is 15.5. The van der Waals surface area contributed by atoms with Crippen LogP contribution in [0.15, 0.2) is 36.7 Å². The predicted octanol–water partition coefficient (Wildman–Crippen LogP) is 4.46. The third-order valence-electron chi connectivity index (χ3n) is 4.34. The molecule has 6 nitrogen and oxygen atoms in total. The molecule has 0 aliphatic heterocycles. The number of rotatable bonds is 9. The van der Waals surface area contributed by atoms with Crippen molar-refractivity contribution in [3.63, 3.8) is 0 Å². The van der Waals surface area contributed by atoms with Crippen LogP contribution in [0.3, 0.4) is 0 Å². The van der Waals surface area contributed by atoms with Crippen molar-refractivity contribution in [2.75, 3.05) is 6.61 Å². The molecular weight excluding hydrogens is 509 g/mol. The van der Waals surface area contributed by atoms with E-state index in [-0.39, 0.29) is 17.9 Å². The molecule has 1 N–H and O–H groups in total. The number of benzene rings is 1. The molecule has 0 aliphatic carbocycles. The van der Waals surface area contributed by atoms with Crippen LogP contribution in [0.25, 0.3) is 5.69 Å². The van der Waals surface area contributed by atoms with Crippen LogP contribution in [-0.2, 0) is 20.5 Å². The van der Waals surface area contributed by atoms with E-state index in [4.69, 9.17) is 0 Å². The largest absolute Gasteiger partial charge is 0.465 e. The number of alkyl halides is 9. The Morgan fingerprint density at radius 1 is 1.12 bits per heavy atom. The van der Waals surface area contributed by atoms with E-state index in [1.165, 1.54) is 55.2 Å². The van der Waals surface area contributed by atoms with E-state index >= 15 is 0 Å². The van der Waals surface area contributed by atoms with E-state index in [2.05, 4.69) is 9.84 Å². The van der Waals surface area contributed by atoms with Gasteiger partial charge in [-0.05, 0) is 26.0 Å². The van der Waals surface area contributed by atoms with Crippen LogP contribution >= 0.6 is 0 Å². The summed E-state index contributed by atoms with van der Waals surface area (Å²) >= 11 is 0. The fourth-order valence-corrected chi connectivity index (χ4v) is 3.59. The van der Waals surface area contributed by atoms with Crippen LogP contribution in [0, 0.1) is 6.92 Å². The van der Waals surface area contributed by atoms with Crippen molar-refractivity contribution in [2.45, 2.75) is 43.2 Å². The Balaban J connectivity index is 2.57. The Labute approximate surface area is 188 Å². The molecule has 2 atom stereocenters. The SMILES string of the molecule is CCOC(=O)[C@@H](NS(=O)C(F)(F)C(F)(F)C(F)(F)C(F)(F)F)c1cc(C)ccc1-n1cccn1. The molecule has 1 heterocycles. The van der Waals surface area contributed by atoms with E-state index in [1.54, 1.807) is 0 Å². The molecule has 0 amide bonds. The molecule has 34 heavy (non-hydrogen) atoms. The van der Waals surface area contributed by atoms with Gasteiger partial charge < -0.3 is 4.74 Å². The lowest BCUT2D eigenvalue weighted by atomic mass is 10.0. The topological polar surface area (TPSA) is 73.2 Å². The molecule has 2 aromatic rings. The molecule has 1 unspecified atom stereocenters. The van der Waals surface area contributed by atoms with Crippen LogP contribution in [-0.4, -0.2) is 49.8 Å². The number of ether oxygens (including phenoxy) is 1. The molecular formula is C18H16F9N3O3S. The monoisotopic (exact) mass is 525 g/mol. The molecule has 0 aliphatic rings. The normalized spacial score (nSPS) is 15.1. The fourth-order valence-electron chi connectivity index (χ4n) is 2.65. The highest BCUT2D eigenvalue weighted by Gasteiger charge is 2.83. The van der Waals surface area contributed by atoms with Crippen molar-refractivity contribution in [3.8, 4) is 5.69 Å². The number of hydrogen-bond acceptors (Lipinski definition) is 4. The Kier molecular flexibility index (Phi) is 7.77. The van der Waals surface area contributed by atoms with Crippen LogP contribution in [0.4, 0.5) is 39.5 Å². The standard InChI is InChI=1S/C18H16F9N3O3S/c1-3-33-14(31)13(11-9-10(2)5-6-12(11)30-8-4-7-28-30)29-34(32)18(26,27)16(21,22)15(19,20)17(23,24)25/h4-9,13,29H,3H2,1-2H3/t13-,34?/m0/s1. The van der Waals surface area contributed by atoms with Crippen LogP contribution in [0.5, 0.6) is 0 Å². The van der Waals surface area contributed by atoms with Gasteiger partial charge in [0.1, 0.15) is 6.04 Å². The minimum Gasteiger partial charge on any atom is -0.465 e. The molecule has 2 rings (SSSR count). The van der Waals surface area contributed by atoms with Gasteiger partial charge in [-0.3, -0.25) is 0 Å². The maximum Gasteiger partial charge on any atom is 0.460 e. The summed E-state index contributed by atoms with van der Waals surface area (Å²) in [5, 5.41) is -2.62. The minimum absolute atomic E-state index is 0.0196. The molecule has 0 saturated carbocycles. The summed E-state index contributed by atoms with van der Waals surface area (Å²) in [7, 11) is -4.64. The van der Waals surface area contributed by atoms with Crippen molar-refractivity contribution in [2.24, 2.45) is 0 Å². The highest BCUT2D eigenvalue weighted by molar-refractivity contribution is 7.84. The smallest absolute Gasteiger partial charge is 0.460 e. The number of halogens is 9. The Hall–Kier alpha value is -2.62. The predicted molar refractivity (Wildman–Crippen MR) is 99.8 cm³/mol. The second-order valence-electron chi connectivity index (χ2n) is 6.75. The lowest BCUT2D eigenvalue weighted by Gasteiger charge is -2.33. The first kappa shape index (κ1) is 27.6. The van der Waals surface area contributed by atoms with Gasteiger partial charge in [0.2, 0.25) is 0 Å². The summed E-state index contributed by atoms with van der Waals surface area (Å²) in [6, 6.07) is 3.14. The maximum absolute atomic E-state index is 14.1. The van der Waals surface area contributed by atoms with Gasteiger partial charge >= 0.3 is 29.2 Å². The van der Waals surface area contributed by atoms with Gasteiger partial charge in [-0.1, -0.05) is 17.7 Å². The summed E-state index contributed by atoms with van der Waals surface area (Å²) < 4.78 is 138. The number of carbonyl (C=O) groups excluding carboxylic acids is 1. The van der Waals surface area contributed by atoms with E-state index in [0.717, 1.165) is 4.68 Å². The zero-order valence-corrected chi connectivity index (χ0v) is 18.0. The van der Waals surface area contributed by atoms with Gasteiger partial charge in [-0.25, -0.2) is 18.4 Å². The number of esters is 1. The number of nitrogens with zero attached hydrogens (tertiary/aromatic N) is 2. The molecule has 0 saturated heterocycles. The molecule has 0 bridgehead atoms. The van der Waals surface area contributed by atoms with Crippen molar-refractivity contribution in [1.82, 2.24) is 14.5 Å². The van der Waals surface area contributed by atoms with Crippen LogP contribution in [0.1, 0.15) is 24.1 Å². The number of nitrogens with one attached hydrogen (secondary N) is 1. The van der Waals surface area contributed by atoms with Gasteiger partial charge in [0.15, 0.2) is 11.0 Å². The average molecular weight is 525 g/mol. The van der Waals surface area contributed by atoms with Crippen molar-refractivity contribution >= 4 is 17.0 Å². The average Bonchev–Trinajstić information content (AvgIpc) is 3.25. The molecule has 0 radical (unpaired) electrons. The first-order valence-electron chi connectivity index (χ1n) is 9.14. The van der Waals surface area contributed by atoms with Crippen molar-refractivity contribution in [1.29, 1.82) is 0 Å². The van der Waals surface area contributed by atoms with E-state index in [9.17, 15) is 48.5 Å². The highest BCUT2D eigenvalue weighted by atomic mass is 32.2. The van der Waals surface area contributed by atoms with Gasteiger partial charge in [-0.15, -0.1) is 0 Å². The summed E-state index contributed by atoms with van der Waals surface area (Å²) in [5.74, 6) is -15.8. The highest BCUT2D eigenvalue weighted by Crippen LogP contribution is 2.54. The van der Waals surface area contributed by atoms with E-state index in [1.807, 2.05) is 0 Å². The number of carbonyl (C=O) groups is 1. The van der Waals surface area contributed by atoms with Crippen LogP contribution in [0.2, 0.25) is 0 Å². The summed E-state index contributed by atoms with van der Waals surface area (Å²) in [6.07, 6.45) is -4.48. The number of aromatic nitrogens is 2. The lowest BCUT2D eigenvalue weighted by molar-refractivity contribution is -0.381. The fraction of sp³-hybridized carbons (Fsp3) is 0.444. The molecule has 16 heteroatoms. The zero-order valence-electron chi connectivity index (χ0n) is 17.2. The molecule has 0 spiro atoms. The van der Waals surface area contributed by atoms with Gasteiger partial charge in [-0.2, -0.15) is 44.6 Å². The second kappa shape index (κ2) is 9.56. The molecule has 190 valence electrons. The summed E-state index contributed by atoms with van der Waals surface area (Å²) in [4.78, 5) is 12.4.